The summed E-state index contributed by atoms with van der Waals surface area (Å²) in [7, 11) is 0. The third-order valence-corrected chi connectivity index (χ3v) is 3.01. The maximum Gasteiger partial charge on any atom is 0.287 e. The van der Waals surface area contributed by atoms with Crippen molar-refractivity contribution in [2.75, 3.05) is 5.32 Å². The second kappa shape index (κ2) is 6.75. The van der Waals surface area contributed by atoms with Gasteiger partial charge < -0.3 is 5.32 Å². The van der Waals surface area contributed by atoms with E-state index < -0.39 is 11.9 Å². The standard InChI is InChI=1S/C15H17N3O2/c1-2-3-4-11-5-7-12(8-6-11)16-15(20)13-9-10-14(19)18-17-13/h5-10,13H,2-4H2,1H3,(H,16,20). The van der Waals surface area contributed by atoms with E-state index in [0.717, 1.165) is 24.9 Å². The van der Waals surface area contributed by atoms with Gasteiger partial charge in [-0.25, -0.2) is 0 Å². The van der Waals surface area contributed by atoms with Crippen molar-refractivity contribution in [3.05, 3.63) is 42.0 Å². The Morgan fingerprint density at radius 1 is 1.30 bits per heavy atom. The fraction of sp³-hybridized carbons (Fsp3) is 0.333. The summed E-state index contributed by atoms with van der Waals surface area (Å²) < 4.78 is 0. The van der Waals surface area contributed by atoms with Gasteiger partial charge in [0.15, 0.2) is 6.04 Å². The summed E-state index contributed by atoms with van der Waals surface area (Å²) in [5.41, 5.74) is 1.98. The smallest absolute Gasteiger partial charge is 0.287 e. The van der Waals surface area contributed by atoms with Gasteiger partial charge in [0.25, 0.3) is 11.8 Å². The number of unbranched alkanes of at least 4 members (excludes halogenated alkanes) is 1. The van der Waals surface area contributed by atoms with Gasteiger partial charge in [0.05, 0.1) is 0 Å². The summed E-state index contributed by atoms with van der Waals surface area (Å²) in [6, 6.07) is 7.03. The van der Waals surface area contributed by atoms with E-state index in [2.05, 4.69) is 22.5 Å². The number of hydrogen-bond donors (Lipinski definition) is 1. The Morgan fingerprint density at radius 2 is 2.05 bits per heavy atom. The van der Waals surface area contributed by atoms with Gasteiger partial charge in [0.2, 0.25) is 0 Å². The molecule has 1 atom stereocenters. The van der Waals surface area contributed by atoms with Gasteiger partial charge in [0.1, 0.15) is 0 Å². The Hall–Kier alpha value is -2.30. The van der Waals surface area contributed by atoms with Crippen molar-refractivity contribution in [1.82, 2.24) is 0 Å². The third-order valence-electron chi connectivity index (χ3n) is 3.01. The normalized spacial score (nSPS) is 17.2. The molecule has 0 aliphatic carbocycles. The second-order valence-electron chi connectivity index (χ2n) is 4.65. The predicted octanol–water partition coefficient (Wildman–Crippen LogP) is 2.88. The van der Waals surface area contributed by atoms with E-state index in [9.17, 15) is 9.59 Å². The van der Waals surface area contributed by atoms with Crippen LogP contribution < -0.4 is 5.32 Å². The van der Waals surface area contributed by atoms with Crippen LogP contribution in [0.4, 0.5) is 5.69 Å². The van der Waals surface area contributed by atoms with Crippen LogP contribution in [-0.2, 0) is 16.0 Å². The maximum absolute atomic E-state index is 11.9. The van der Waals surface area contributed by atoms with Gasteiger partial charge >= 0.3 is 0 Å². The SMILES string of the molecule is CCCCc1ccc(NC(=O)C2C=CC(=O)N=N2)cc1. The van der Waals surface area contributed by atoms with E-state index in [1.165, 1.54) is 17.7 Å². The van der Waals surface area contributed by atoms with Gasteiger partial charge in [-0.2, -0.15) is 5.11 Å². The number of azo groups is 1. The van der Waals surface area contributed by atoms with Gasteiger partial charge in [0, 0.05) is 11.8 Å². The lowest BCUT2D eigenvalue weighted by molar-refractivity contribution is -0.117. The monoisotopic (exact) mass is 271 g/mol. The molecule has 2 rings (SSSR count). The molecule has 0 radical (unpaired) electrons. The Bertz CT molecular complexity index is 531. The van der Waals surface area contributed by atoms with Crippen LogP contribution in [0.25, 0.3) is 0 Å². The Kier molecular flexibility index (Phi) is 4.76. The molecule has 1 heterocycles. The van der Waals surface area contributed by atoms with Gasteiger partial charge in [-0.1, -0.05) is 25.5 Å². The van der Waals surface area contributed by atoms with Crippen LogP contribution in [0.3, 0.4) is 0 Å². The molecule has 1 aliphatic heterocycles. The minimum atomic E-state index is -0.729. The number of nitrogens with zero attached hydrogens (tertiary/aromatic N) is 2. The van der Waals surface area contributed by atoms with Crippen LogP contribution in [0.1, 0.15) is 25.3 Å². The highest BCUT2D eigenvalue weighted by Gasteiger charge is 2.18. The molecular weight excluding hydrogens is 254 g/mol. The lowest BCUT2D eigenvalue weighted by Crippen LogP contribution is -2.25. The van der Waals surface area contributed by atoms with Gasteiger partial charge in [-0.05, 0) is 36.6 Å². The van der Waals surface area contributed by atoms with E-state index in [0.29, 0.717) is 0 Å². The molecule has 0 fully saturated rings. The maximum atomic E-state index is 11.9. The van der Waals surface area contributed by atoms with Crippen molar-refractivity contribution >= 4 is 17.5 Å². The molecule has 0 aromatic heterocycles. The number of hydrogen-bond acceptors (Lipinski definition) is 3. The van der Waals surface area contributed by atoms with Crippen molar-refractivity contribution in [3.63, 3.8) is 0 Å². The highest BCUT2D eigenvalue weighted by molar-refractivity contribution is 5.98. The van der Waals surface area contributed by atoms with Crippen molar-refractivity contribution in [3.8, 4) is 0 Å². The quantitative estimate of drug-likeness (QED) is 0.894. The minimum absolute atomic E-state index is 0.293. The molecule has 104 valence electrons. The molecule has 0 bridgehead atoms. The third kappa shape index (κ3) is 3.85. The van der Waals surface area contributed by atoms with Crippen LogP contribution in [0.2, 0.25) is 0 Å². The average Bonchev–Trinajstić information content (AvgIpc) is 2.47. The predicted molar refractivity (Wildman–Crippen MR) is 76.5 cm³/mol. The molecule has 2 amide bonds. The zero-order valence-electron chi connectivity index (χ0n) is 11.4. The lowest BCUT2D eigenvalue weighted by Gasteiger charge is -2.10. The summed E-state index contributed by atoms with van der Waals surface area (Å²) in [5, 5.41) is 9.76. The molecule has 1 unspecified atom stereocenters. The van der Waals surface area contributed by atoms with Crippen LogP contribution in [-0.4, -0.2) is 17.9 Å². The summed E-state index contributed by atoms with van der Waals surface area (Å²) in [5.74, 6) is -0.729. The van der Waals surface area contributed by atoms with Crippen LogP contribution in [0.15, 0.2) is 46.6 Å². The Morgan fingerprint density at radius 3 is 2.65 bits per heavy atom. The number of carbonyl (C=O) groups excluding carboxylic acids is 2. The van der Waals surface area contributed by atoms with E-state index in [-0.39, 0.29) is 5.91 Å². The van der Waals surface area contributed by atoms with E-state index in [1.54, 1.807) is 0 Å². The average molecular weight is 271 g/mol. The topological polar surface area (TPSA) is 70.9 Å². The molecule has 1 aliphatic rings. The van der Waals surface area contributed by atoms with E-state index >= 15 is 0 Å². The van der Waals surface area contributed by atoms with Crippen LogP contribution >= 0.6 is 0 Å². The Balaban J connectivity index is 1.93. The largest absolute Gasteiger partial charge is 0.324 e. The first-order valence-corrected chi connectivity index (χ1v) is 6.72. The van der Waals surface area contributed by atoms with Crippen molar-refractivity contribution in [2.45, 2.75) is 32.2 Å². The molecule has 20 heavy (non-hydrogen) atoms. The molecule has 1 aromatic carbocycles. The van der Waals surface area contributed by atoms with Crippen molar-refractivity contribution in [1.29, 1.82) is 0 Å². The lowest BCUT2D eigenvalue weighted by atomic mass is 10.1. The van der Waals surface area contributed by atoms with Crippen molar-refractivity contribution < 1.29 is 9.59 Å². The summed E-state index contributed by atoms with van der Waals surface area (Å²) in [6.45, 7) is 2.16. The van der Waals surface area contributed by atoms with Crippen LogP contribution in [0, 0.1) is 0 Å². The van der Waals surface area contributed by atoms with Crippen molar-refractivity contribution in [2.24, 2.45) is 10.2 Å². The fourth-order valence-electron chi connectivity index (χ4n) is 1.86. The Labute approximate surface area is 117 Å². The highest BCUT2D eigenvalue weighted by atomic mass is 16.2. The number of aryl methyl sites for hydroxylation is 1. The zero-order chi connectivity index (χ0) is 14.4. The number of nitrogens with one attached hydrogen (secondary N) is 1. The number of anilines is 1. The minimum Gasteiger partial charge on any atom is -0.324 e. The summed E-state index contributed by atoms with van der Waals surface area (Å²) in [4.78, 5) is 22.7. The number of amides is 2. The first-order valence-electron chi connectivity index (χ1n) is 6.72. The zero-order valence-corrected chi connectivity index (χ0v) is 11.4. The second-order valence-corrected chi connectivity index (χ2v) is 4.65. The van der Waals surface area contributed by atoms with E-state index in [4.69, 9.17) is 0 Å². The highest BCUT2D eigenvalue weighted by Crippen LogP contribution is 2.13. The molecule has 1 N–H and O–H groups in total. The van der Waals surface area contributed by atoms with Gasteiger partial charge in [-0.15, -0.1) is 5.11 Å². The van der Waals surface area contributed by atoms with Gasteiger partial charge in [-0.3, -0.25) is 9.59 Å². The molecule has 0 saturated carbocycles. The molecular formula is C15H17N3O2. The summed E-state index contributed by atoms with van der Waals surface area (Å²) in [6.07, 6.45) is 6.07. The fourth-order valence-corrected chi connectivity index (χ4v) is 1.86. The number of benzene rings is 1. The van der Waals surface area contributed by atoms with Crippen LogP contribution in [0.5, 0.6) is 0 Å². The summed E-state index contributed by atoms with van der Waals surface area (Å²) >= 11 is 0. The first kappa shape index (κ1) is 14.1. The van der Waals surface area contributed by atoms with E-state index in [1.807, 2.05) is 24.3 Å². The molecule has 5 heteroatoms. The molecule has 0 spiro atoms. The number of carbonyl (C=O) groups is 2. The number of rotatable bonds is 5. The molecule has 0 saturated heterocycles. The first-order chi connectivity index (χ1) is 9.69. The molecule has 1 aromatic rings. The molecule has 5 nitrogen and oxygen atoms in total.